The lowest BCUT2D eigenvalue weighted by atomic mass is 10.2. The lowest BCUT2D eigenvalue weighted by Gasteiger charge is -2.17. The number of hydrogen-bond donors (Lipinski definition) is 1. The molecular weight excluding hydrogens is 496 g/mol. The molecule has 3 rings (SSSR count). The van der Waals surface area contributed by atoms with Crippen molar-refractivity contribution in [3.05, 3.63) is 68.5 Å². The molecule has 0 aliphatic heterocycles. The van der Waals surface area contributed by atoms with Gasteiger partial charge in [-0.05, 0) is 19.2 Å². The normalized spacial score (nSPS) is 11.4. The van der Waals surface area contributed by atoms with Crippen LogP contribution in [0, 0.1) is 5.82 Å². The summed E-state index contributed by atoms with van der Waals surface area (Å²) in [5, 5.41) is 0. The van der Waals surface area contributed by atoms with E-state index in [1.165, 1.54) is 24.0 Å². The first-order valence-corrected chi connectivity index (χ1v) is 11.0. The molecule has 9 nitrogen and oxygen atoms in total. The van der Waals surface area contributed by atoms with E-state index in [1.54, 1.807) is 13.2 Å². The second-order valence-electron chi connectivity index (χ2n) is 6.90. The zero-order valence-corrected chi connectivity index (χ0v) is 19.3. The third-order valence-corrected chi connectivity index (χ3v) is 5.46. The van der Waals surface area contributed by atoms with E-state index in [9.17, 15) is 31.9 Å². The van der Waals surface area contributed by atoms with Gasteiger partial charge in [0.2, 0.25) is 0 Å². The summed E-state index contributed by atoms with van der Waals surface area (Å²) in [6, 6.07) is 3.29. The fraction of sp³-hybridized carbons (Fsp3) is 0.238. The Kier molecular flexibility index (Phi) is 7.24. The molecule has 0 amide bonds. The molecule has 0 spiro atoms. The maximum Gasteiger partial charge on any atom is 0.431 e. The van der Waals surface area contributed by atoms with Gasteiger partial charge in [-0.1, -0.05) is 0 Å². The third-order valence-electron chi connectivity index (χ3n) is 4.70. The second-order valence-corrected chi connectivity index (χ2v) is 7.75. The number of carbonyl (C=O) groups excluding carboxylic acids is 1. The van der Waals surface area contributed by atoms with Gasteiger partial charge in [0.05, 0.1) is 22.9 Å². The topological polar surface area (TPSA) is 118 Å². The van der Waals surface area contributed by atoms with E-state index in [2.05, 4.69) is 4.98 Å². The Labute approximate surface area is 199 Å². The molecule has 2 heterocycles. The van der Waals surface area contributed by atoms with E-state index in [1.807, 2.05) is 0 Å². The number of ether oxygens (including phenoxy) is 2. The number of aromatic nitrogens is 3. The number of nitrogen functional groups attached to an aromatic ring is 1. The number of benzene rings is 1. The molecule has 0 saturated carbocycles. The Morgan fingerprint density at radius 2 is 1.91 bits per heavy atom. The number of nitrogens with two attached hydrogens (primary N) is 1. The number of rotatable bonds is 6. The molecule has 186 valence electrons. The zero-order chi connectivity index (χ0) is 26.1. The molecule has 0 unspecified atom stereocenters. The molecule has 0 bridgehead atoms. The number of hydrogen-bond acceptors (Lipinski definition) is 8. The van der Waals surface area contributed by atoms with E-state index in [0.717, 1.165) is 19.2 Å². The minimum atomic E-state index is -4.99. The van der Waals surface area contributed by atoms with E-state index in [-0.39, 0.29) is 44.7 Å². The van der Waals surface area contributed by atoms with Gasteiger partial charge in [-0.3, -0.25) is 9.36 Å². The molecule has 0 aliphatic rings. The van der Waals surface area contributed by atoms with Crippen molar-refractivity contribution in [1.29, 1.82) is 0 Å². The number of halogens is 4. The first-order valence-electron chi connectivity index (χ1n) is 9.78. The highest BCUT2D eigenvalue weighted by molar-refractivity contribution is 7.98. The van der Waals surface area contributed by atoms with Gasteiger partial charge in [0.25, 0.3) is 5.56 Å². The molecule has 14 heteroatoms. The van der Waals surface area contributed by atoms with Crippen LogP contribution in [0.15, 0.2) is 44.9 Å². The molecule has 3 aromatic rings. The quantitative estimate of drug-likeness (QED) is 0.230. The molecule has 0 radical (unpaired) electrons. The van der Waals surface area contributed by atoms with Crippen molar-refractivity contribution in [1.82, 2.24) is 14.1 Å². The molecule has 0 atom stereocenters. The van der Waals surface area contributed by atoms with Crippen LogP contribution in [0.4, 0.5) is 23.2 Å². The van der Waals surface area contributed by atoms with Crippen LogP contribution in [0.2, 0.25) is 0 Å². The van der Waals surface area contributed by atoms with Gasteiger partial charge in [-0.15, -0.1) is 11.8 Å². The Morgan fingerprint density at radius 1 is 1.23 bits per heavy atom. The number of alkyl halides is 3. The summed E-state index contributed by atoms with van der Waals surface area (Å²) < 4.78 is 65.3. The minimum Gasteiger partial charge on any atom is -0.461 e. The van der Waals surface area contributed by atoms with Gasteiger partial charge in [0.15, 0.2) is 17.2 Å². The Balaban J connectivity index is 2.21. The molecule has 2 N–H and O–H groups in total. The maximum atomic E-state index is 14.8. The van der Waals surface area contributed by atoms with Gasteiger partial charge >= 0.3 is 17.8 Å². The Morgan fingerprint density at radius 3 is 2.51 bits per heavy atom. The number of carbonyl (C=O) groups is 1. The van der Waals surface area contributed by atoms with Gasteiger partial charge in [-0.2, -0.15) is 13.2 Å². The molecule has 35 heavy (non-hydrogen) atoms. The van der Waals surface area contributed by atoms with Crippen LogP contribution in [0.5, 0.6) is 11.5 Å². The zero-order valence-electron chi connectivity index (χ0n) is 18.5. The second kappa shape index (κ2) is 9.82. The summed E-state index contributed by atoms with van der Waals surface area (Å²) in [4.78, 5) is 41.7. The van der Waals surface area contributed by atoms with Crippen LogP contribution in [0.25, 0.3) is 5.69 Å². The SMILES string of the molecule is CCOC(=O)c1nccc(SC)c1Oc1cc(-n2c(=O)cc(C(F)(F)F)n(C)c2=O)c(F)cc1N. The standard InChI is InChI=1S/C21H18F4N4O5S/c1-4-33-19(31)17-18(14(35-3)5-6-27-17)34-13-8-12(10(22)7-11(13)26)29-16(30)9-15(21(23,24)25)28(2)20(29)32/h5-9H,4,26H2,1-3H3. The third kappa shape index (κ3) is 5.01. The Bertz CT molecular complexity index is 1420. The molecule has 1 aromatic carbocycles. The first kappa shape index (κ1) is 25.8. The van der Waals surface area contributed by atoms with Crippen molar-refractivity contribution in [2.24, 2.45) is 7.05 Å². The molecule has 0 aliphatic carbocycles. The van der Waals surface area contributed by atoms with Crippen molar-refractivity contribution < 1.29 is 31.8 Å². The largest absolute Gasteiger partial charge is 0.461 e. The van der Waals surface area contributed by atoms with Gasteiger partial charge in [0, 0.05) is 31.4 Å². The van der Waals surface area contributed by atoms with E-state index in [0.29, 0.717) is 4.90 Å². The predicted molar refractivity (Wildman–Crippen MR) is 119 cm³/mol. The summed E-state index contributed by atoms with van der Waals surface area (Å²) in [5.41, 5.74) is 0.271. The summed E-state index contributed by atoms with van der Waals surface area (Å²) in [6.07, 6.45) is -1.96. The fourth-order valence-electron chi connectivity index (χ4n) is 3.08. The summed E-state index contributed by atoms with van der Waals surface area (Å²) in [6.45, 7) is 1.63. The van der Waals surface area contributed by atoms with Crippen molar-refractivity contribution in [2.75, 3.05) is 18.6 Å². The molecule has 0 fully saturated rings. The van der Waals surface area contributed by atoms with Crippen LogP contribution in [0.3, 0.4) is 0 Å². The summed E-state index contributed by atoms with van der Waals surface area (Å²) in [5.74, 6) is -2.36. The van der Waals surface area contributed by atoms with Crippen LogP contribution in [-0.2, 0) is 18.0 Å². The van der Waals surface area contributed by atoms with Gasteiger partial charge < -0.3 is 15.2 Å². The van der Waals surface area contributed by atoms with Gasteiger partial charge in [0.1, 0.15) is 11.5 Å². The number of thioether (sulfide) groups is 1. The summed E-state index contributed by atoms with van der Waals surface area (Å²) >= 11 is 1.18. The van der Waals surface area contributed by atoms with Crippen LogP contribution < -0.4 is 21.7 Å². The van der Waals surface area contributed by atoms with Crippen LogP contribution >= 0.6 is 11.8 Å². The smallest absolute Gasteiger partial charge is 0.431 e. The van der Waals surface area contributed by atoms with Crippen molar-refractivity contribution in [3.63, 3.8) is 0 Å². The van der Waals surface area contributed by atoms with E-state index >= 15 is 0 Å². The van der Waals surface area contributed by atoms with Crippen LogP contribution in [-0.4, -0.2) is 33.0 Å². The lowest BCUT2D eigenvalue weighted by molar-refractivity contribution is -0.144. The lowest BCUT2D eigenvalue weighted by Crippen LogP contribution is -2.41. The number of anilines is 1. The molecule has 0 saturated heterocycles. The van der Waals surface area contributed by atoms with E-state index in [4.69, 9.17) is 15.2 Å². The monoisotopic (exact) mass is 514 g/mol. The highest BCUT2D eigenvalue weighted by atomic mass is 32.2. The average Bonchev–Trinajstić information content (AvgIpc) is 2.78. The molecular formula is C21H18F4N4O5S. The number of esters is 1. The fourth-order valence-corrected chi connectivity index (χ4v) is 3.60. The van der Waals surface area contributed by atoms with Crippen molar-refractivity contribution >= 4 is 23.4 Å². The maximum absolute atomic E-state index is 14.8. The van der Waals surface area contributed by atoms with Crippen molar-refractivity contribution in [3.8, 4) is 17.2 Å². The number of nitrogens with zero attached hydrogens (tertiary/aromatic N) is 3. The predicted octanol–water partition coefficient (Wildman–Crippen LogP) is 3.36. The van der Waals surface area contributed by atoms with Crippen LogP contribution in [0.1, 0.15) is 23.1 Å². The highest BCUT2D eigenvalue weighted by Crippen LogP contribution is 2.38. The highest BCUT2D eigenvalue weighted by Gasteiger charge is 2.35. The molecule has 2 aromatic heterocycles. The summed E-state index contributed by atoms with van der Waals surface area (Å²) in [7, 11) is 0.791. The van der Waals surface area contributed by atoms with Gasteiger partial charge in [-0.25, -0.2) is 23.5 Å². The average molecular weight is 514 g/mol. The van der Waals surface area contributed by atoms with Crippen molar-refractivity contribution in [2.45, 2.75) is 18.0 Å². The Hall–Kier alpha value is -3.81. The minimum absolute atomic E-state index is 0.0480. The number of pyridine rings is 1. The first-order chi connectivity index (χ1) is 16.4. The van der Waals surface area contributed by atoms with E-state index < -0.39 is 40.6 Å².